The minimum Gasteiger partial charge on any atom is -0.497 e. The Bertz CT molecular complexity index is 852. The van der Waals surface area contributed by atoms with Crippen molar-refractivity contribution in [1.82, 2.24) is 4.57 Å². The molecule has 0 spiro atoms. The van der Waals surface area contributed by atoms with Gasteiger partial charge in [0.15, 0.2) is 6.29 Å². The Balaban J connectivity index is 1.63. The minimum atomic E-state index is 0.596. The molecule has 0 fully saturated rings. The first-order valence-electron chi connectivity index (χ1n) is 8.14. The van der Waals surface area contributed by atoms with Gasteiger partial charge in [-0.3, -0.25) is 4.79 Å². The maximum absolute atomic E-state index is 11.3. The summed E-state index contributed by atoms with van der Waals surface area (Å²) in [5, 5.41) is 0.908. The summed E-state index contributed by atoms with van der Waals surface area (Å²) >= 11 is 0. The molecule has 0 atom stereocenters. The van der Waals surface area contributed by atoms with Gasteiger partial charge in [0.25, 0.3) is 0 Å². The third kappa shape index (κ3) is 3.76. The highest BCUT2D eigenvalue weighted by Crippen LogP contribution is 2.25. The lowest BCUT2D eigenvalue weighted by atomic mass is 10.2. The fraction of sp³-hybridized carbons (Fsp3) is 0.250. The topological polar surface area (TPSA) is 49.7 Å². The van der Waals surface area contributed by atoms with Crippen LogP contribution in [0.1, 0.15) is 16.8 Å². The molecule has 0 saturated carbocycles. The highest BCUT2D eigenvalue weighted by molar-refractivity contribution is 5.98. The molecule has 3 aromatic rings. The molecule has 0 saturated heterocycles. The number of carbonyl (C=O) groups is 1. The quantitative estimate of drug-likeness (QED) is 0.461. The number of aryl methyl sites for hydroxylation is 1. The Morgan fingerprint density at radius 1 is 0.960 bits per heavy atom. The van der Waals surface area contributed by atoms with E-state index in [2.05, 4.69) is 4.57 Å². The summed E-state index contributed by atoms with van der Waals surface area (Å²) in [6.45, 7) is 1.37. The third-order valence-electron chi connectivity index (χ3n) is 4.12. The molecule has 130 valence electrons. The number of fused-ring (bicyclic) bond motifs is 1. The number of hydrogen-bond acceptors (Lipinski definition) is 4. The molecule has 5 heteroatoms. The number of aldehydes is 1. The van der Waals surface area contributed by atoms with Crippen molar-refractivity contribution < 1.29 is 19.0 Å². The molecule has 0 radical (unpaired) electrons. The van der Waals surface area contributed by atoms with Crippen LogP contribution in [0.25, 0.3) is 10.9 Å². The van der Waals surface area contributed by atoms with Gasteiger partial charge >= 0.3 is 0 Å². The normalized spacial score (nSPS) is 10.6. The largest absolute Gasteiger partial charge is 0.497 e. The fourth-order valence-corrected chi connectivity index (χ4v) is 2.81. The molecule has 0 amide bonds. The maximum Gasteiger partial charge on any atom is 0.152 e. The van der Waals surface area contributed by atoms with Gasteiger partial charge in [0.2, 0.25) is 0 Å². The van der Waals surface area contributed by atoms with Crippen LogP contribution >= 0.6 is 0 Å². The summed E-state index contributed by atoms with van der Waals surface area (Å²) in [4.78, 5) is 11.3. The molecule has 1 aromatic heterocycles. The summed E-state index contributed by atoms with van der Waals surface area (Å²) < 4.78 is 18.2. The Hall–Kier alpha value is -2.95. The molecule has 0 unspecified atom stereocenters. The van der Waals surface area contributed by atoms with E-state index in [1.54, 1.807) is 14.2 Å². The second-order valence-electron chi connectivity index (χ2n) is 5.66. The zero-order valence-electron chi connectivity index (χ0n) is 14.4. The highest BCUT2D eigenvalue weighted by Gasteiger charge is 2.09. The molecule has 2 aromatic carbocycles. The predicted octanol–water partition coefficient (Wildman–Crippen LogP) is 3.94. The minimum absolute atomic E-state index is 0.596. The zero-order chi connectivity index (χ0) is 17.6. The number of carbonyl (C=O) groups excluding carboxylic acids is 1. The van der Waals surface area contributed by atoms with Gasteiger partial charge in [-0.2, -0.15) is 0 Å². The van der Waals surface area contributed by atoms with E-state index in [0.717, 1.165) is 47.4 Å². The van der Waals surface area contributed by atoms with Crippen LogP contribution in [0.4, 0.5) is 0 Å². The van der Waals surface area contributed by atoms with E-state index in [-0.39, 0.29) is 0 Å². The van der Waals surface area contributed by atoms with E-state index >= 15 is 0 Å². The first-order valence-corrected chi connectivity index (χ1v) is 8.14. The first kappa shape index (κ1) is 16.9. The molecule has 0 bridgehead atoms. The predicted molar refractivity (Wildman–Crippen MR) is 97.0 cm³/mol. The van der Waals surface area contributed by atoms with Crippen molar-refractivity contribution in [2.45, 2.75) is 13.0 Å². The van der Waals surface area contributed by atoms with Crippen LogP contribution in [0, 0.1) is 0 Å². The number of ether oxygens (including phenoxy) is 3. The molecule has 0 aliphatic carbocycles. The van der Waals surface area contributed by atoms with E-state index in [0.29, 0.717) is 12.2 Å². The van der Waals surface area contributed by atoms with Gasteiger partial charge in [-0.25, -0.2) is 0 Å². The SMILES string of the molecule is COc1ccc(OCCCn2cc(C=O)c3cc(OC)ccc32)cc1. The molecule has 0 aliphatic heterocycles. The summed E-state index contributed by atoms with van der Waals surface area (Å²) in [7, 11) is 3.26. The van der Waals surface area contributed by atoms with E-state index < -0.39 is 0 Å². The number of methoxy groups -OCH3 is 2. The molecular weight excluding hydrogens is 318 g/mol. The van der Waals surface area contributed by atoms with E-state index in [4.69, 9.17) is 14.2 Å². The van der Waals surface area contributed by atoms with Crippen LogP contribution in [-0.4, -0.2) is 31.7 Å². The van der Waals surface area contributed by atoms with E-state index in [1.165, 1.54) is 0 Å². The van der Waals surface area contributed by atoms with Gasteiger partial charge < -0.3 is 18.8 Å². The van der Waals surface area contributed by atoms with Gasteiger partial charge in [-0.1, -0.05) is 0 Å². The summed E-state index contributed by atoms with van der Waals surface area (Å²) in [6.07, 6.45) is 3.59. The number of benzene rings is 2. The van der Waals surface area contributed by atoms with Crippen molar-refractivity contribution in [3.63, 3.8) is 0 Å². The first-order chi connectivity index (χ1) is 12.2. The van der Waals surface area contributed by atoms with Crippen molar-refractivity contribution in [2.75, 3.05) is 20.8 Å². The number of aromatic nitrogens is 1. The van der Waals surface area contributed by atoms with Crippen LogP contribution in [0.5, 0.6) is 17.2 Å². The number of rotatable bonds is 8. The Labute approximate surface area is 146 Å². The number of nitrogens with zero attached hydrogens (tertiary/aromatic N) is 1. The average molecular weight is 339 g/mol. The fourth-order valence-electron chi connectivity index (χ4n) is 2.81. The van der Waals surface area contributed by atoms with Crippen LogP contribution in [0.15, 0.2) is 48.7 Å². The van der Waals surface area contributed by atoms with Crippen LogP contribution < -0.4 is 14.2 Å². The van der Waals surface area contributed by atoms with Crippen molar-refractivity contribution in [2.24, 2.45) is 0 Å². The van der Waals surface area contributed by atoms with Crippen LogP contribution in [-0.2, 0) is 6.54 Å². The van der Waals surface area contributed by atoms with Crippen LogP contribution in [0.2, 0.25) is 0 Å². The van der Waals surface area contributed by atoms with Crippen molar-refractivity contribution in [3.8, 4) is 17.2 Å². The molecule has 25 heavy (non-hydrogen) atoms. The molecular formula is C20H21NO4. The molecule has 3 rings (SSSR count). The summed E-state index contributed by atoms with van der Waals surface area (Å²) in [6, 6.07) is 13.3. The van der Waals surface area contributed by atoms with Gasteiger partial charge in [0.1, 0.15) is 17.2 Å². The van der Waals surface area contributed by atoms with Crippen molar-refractivity contribution >= 4 is 17.2 Å². The smallest absolute Gasteiger partial charge is 0.152 e. The molecule has 1 heterocycles. The Morgan fingerprint density at radius 3 is 2.32 bits per heavy atom. The lowest BCUT2D eigenvalue weighted by molar-refractivity contribution is 0.112. The molecule has 5 nitrogen and oxygen atoms in total. The van der Waals surface area contributed by atoms with Gasteiger partial charge in [0, 0.05) is 29.2 Å². The van der Waals surface area contributed by atoms with Gasteiger partial charge in [-0.15, -0.1) is 0 Å². The van der Waals surface area contributed by atoms with Crippen LogP contribution in [0.3, 0.4) is 0 Å². The molecule has 0 aliphatic rings. The summed E-state index contributed by atoms with van der Waals surface area (Å²) in [5.41, 5.74) is 1.69. The van der Waals surface area contributed by atoms with Gasteiger partial charge in [-0.05, 0) is 48.9 Å². The summed E-state index contributed by atoms with van der Waals surface area (Å²) in [5.74, 6) is 2.37. The standard InChI is InChI=1S/C20H21NO4/c1-23-16-4-6-17(7-5-16)25-11-3-10-21-13-15(14-22)19-12-18(24-2)8-9-20(19)21/h4-9,12-14H,3,10-11H2,1-2H3. The Morgan fingerprint density at radius 2 is 1.64 bits per heavy atom. The molecule has 0 N–H and O–H groups in total. The van der Waals surface area contributed by atoms with Crippen molar-refractivity contribution in [3.05, 3.63) is 54.2 Å². The zero-order valence-corrected chi connectivity index (χ0v) is 14.4. The third-order valence-corrected chi connectivity index (χ3v) is 4.12. The average Bonchev–Trinajstić information content (AvgIpc) is 3.02. The van der Waals surface area contributed by atoms with E-state index in [1.807, 2.05) is 48.7 Å². The lowest BCUT2D eigenvalue weighted by Crippen LogP contribution is -2.03. The lowest BCUT2D eigenvalue weighted by Gasteiger charge is -2.09. The maximum atomic E-state index is 11.3. The Kier molecular flexibility index (Phi) is 5.23. The second-order valence-corrected chi connectivity index (χ2v) is 5.66. The monoisotopic (exact) mass is 339 g/mol. The van der Waals surface area contributed by atoms with Gasteiger partial charge in [0.05, 0.1) is 20.8 Å². The second kappa shape index (κ2) is 7.75. The highest BCUT2D eigenvalue weighted by atomic mass is 16.5. The number of hydrogen-bond donors (Lipinski definition) is 0. The van der Waals surface area contributed by atoms with E-state index in [9.17, 15) is 4.79 Å². The van der Waals surface area contributed by atoms with Crippen molar-refractivity contribution in [1.29, 1.82) is 0 Å².